The molecule has 19 heavy (non-hydrogen) atoms. The lowest BCUT2D eigenvalue weighted by Gasteiger charge is -2.25. The normalized spacial score (nSPS) is 21.3. The molecule has 0 radical (unpaired) electrons. The molecular weight excluding hydrogens is 262 g/mol. The van der Waals surface area contributed by atoms with Crippen LogP contribution in [-0.4, -0.2) is 44.5 Å². The van der Waals surface area contributed by atoms with Crippen LogP contribution in [0.15, 0.2) is 18.5 Å². The molecule has 5 nitrogen and oxygen atoms in total. The fraction of sp³-hybridized carbons (Fsp3) is 0.615. The van der Waals surface area contributed by atoms with E-state index >= 15 is 0 Å². The van der Waals surface area contributed by atoms with Crippen molar-refractivity contribution in [1.82, 2.24) is 4.98 Å². The van der Waals surface area contributed by atoms with Crippen LogP contribution in [0.3, 0.4) is 0 Å². The minimum atomic E-state index is -2.85. The summed E-state index contributed by atoms with van der Waals surface area (Å²) in [5.41, 5.74) is 1.94. The number of sulfone groups is 1. The maximum atomic E-state index is 11.5. The van der Waals surface area contributed by atoms with Crippen molar-refractivity contribution in [2.75, 3.05) is 35.3 Å². The van der Waals surface area contributed by atoms with Crippen LogP contribution in [0.25, 0.3) is 0 Å². The third-order valence-electron chi connectivity index (χ3n) is 3.47. The average Bonchev–Trinajstić information content (AvgIpc) is 2.76. The number of rotatable bonds is 5. The highest BCUT2D eigenvalue weighted by Crippen LogP contribution is 2.24. The van der Waals surface area contributed by atoms with Gasteiger partial charge < -0.3 is 10.2 Å². The molecule has 1 aromatic rings. The number of hydrogen-bond donors (Lipinski definition) is 1. The van der Waals surface area contributed by atoms with E-state index in [2.05, 4.69) is 17.2 Å². The first-order chi connectivity index (χ1) is 9.02. The van der Waals surface area contributed by atoms with Gasteiger partial charge in [-0.15, -0.1) is 0 Å². The van der Waals surface area contributed by atoms with E-state index in [-0.39, 0.29) is 11.8 Å². The smallest absolute Gasteiger partial charge is 0.152 e. The van der Waals surface area contributed by atoms with Crippen LogP contribution < -0.4 is 10.2 Å². The van der Waals surface area contributed by atoms with Crippen molar-refractivity contribution in [3.05, 3.63) is 18.5 Å². The molecule has 1 fully saturated rings. The lowest BCUT2D eigenvalue weighted by atomic mass is 10.2. The number of aromatic nitrogens is 1. The third-order valence-corrected chi connectivity index (χ3v) is 5.22. The van der Waals surface area contributed by atoms with Crippen molar-refractivity contribution in [3.63, 3.8) is 0 Å². The highest BCUT2D eigenvalue weighted by atomic mass is 32.2. The lowest BCUT2D eigenvalue weighted by Crippen LogP contribution is -2.32. The summed E-state index contributed by atoms with van der Waals surface area (Å²) in [5, 5.41) is 3.29. The zero-order valence-corrected chi connectivity index (χ0v) is 12.3. The summed E-state index contributed by atoms with van der Waals surface area (Å²) >= 11 is 0. The monoisotopic (exact) mass is 283 g/mol. The zero-order chi connectivity index (χ0) is 13.9. The van der Waals surface area contributed by atoms with Gasteiger partial charge in [-0.1, -0.05) is 6.92 Å². The van der Waals surface area contributed by atoms with E-state index in [0.29, 0.717) is 12.2 Å². The van der Waals surface area contributed by atoms with Gasteiger partial charge in [-0.05, 0) is 18.9 Å². The second-order valence-electron chi connectivity index (χ2n) is 5.03. The van der Waals surface area contributed by atoms with Gasteiger partial charge in [-0.3, -0.25) is 4.98 Å². The number of hydrogen-bond acceptors (Lipinski definition) is 5. The standard InChI is InChI=1S/C13H21N3O2S/c1-3-5-15-11-7-13(9-14-8-11)16(2)12-4-6-19(17,18)10-12/h7-9,12,15H,3-6,10H2,1-2H3. The Balaban J connectivity index is 2.08. The van der Waals surface area contributed by atoms with E-state index < -0.39 is 9.84 Å². The Morgan fingerprint density at radius 2 is 2.26 bits per heavy atom. The van der Waals surface area contributed by atoms with E-state index in [0.717, 1.165) is 24.3 Å². The summed E-state index contributed by atoms with van der Waals surface area (Å²) in [6.07, 6.45) is 5.33. The molecule has 0 saturated carbocycles. The molecule has 1 aromatic heterocycles. The van der Waals surface area contributed by atoms with Crippen LogP contribution in [0.1, 0.15) is 19.8 Å². The Bertz CT molecular complexity index is 530. The predicted octanol–water partition coefficient (Wildman–Crippen LogP) is 1.53. The fourth-order valence-corrected chi connectivity index (χ4v) is 4.05. The Hall–Kier alpha value is -1.30. The summed E-state index contributed by atoms with van der Waals surface area (Å²) in [7, 11) is -0.914. The van der Waals surface area contributed by atoms with Gasteiger partial charge in [-0.2, -0.15) is 0 Å². The summed E-state index contributed by atoms with van der Waals surface area (Å²) in [5.74, 6) is 0.541. The molecule has 2 heterocycles. The van der Waals surface area contributed by atoms with Crippen LogP contribution in [0.2, 0.25) is 0 Å². The van der Waals surface area contributed by atoms with E-state index in [9.17, 15) is 8.42 Å². The Labute approximate surface area is 114 Å². The summed E-state index contributed by atoms with van der Waals surface area (Å²) < 4.78 is 23.1. The predicted molar refractivity (Wildman–Crippen MR) is 78.5 cm³/mol. The quantitative estimate of drug-likeness (QED) is 0.888. The number of nitrogens with zero attached hydrogens (tertiary/aromatic N) is 2. The summed E-state index contributed by atoms with van der Waals surface area (Å²) in [4.78, 5) is 6.24. The van der Waals surface area contributed by atoms with Gasteiger partial charge in [-0.25, -0.2) is 8.42 Å². The second kappa shape index (κ2) is 5.77. The molecule has 0 spiro atoms. The molecule has 1 N–H and O–H groups in total. The van der Waals surface area contributed by atoms with Gasteiger partial charge in [0, 0.05) is 19.6 Å². The van der Waals surface area contributed by atoms with Crippen molar-refractivity contribution in [3.8, 4) is 0 Å². The topological polar surface area (TPSA) is 62.3 Å². The highest BCUT2D eigenvalue weighted by molar-refractivity contribution is 7.91. The van der Waals surface area contributed by atoms with Gasteiger partial charge in [0.05, 0.1) is 35.3 Å². The van der Waals surface area contributed by atoms with Crippen molar-refractivity contribution >= 4 is 21.2 Å². The molecule has 1 atom stereocenters. The first-order valence-corrected chi connectivity index (χ1v) is 8.46. The molecule has 0 amide bonds. The Morgan fingerprint density at radius 3 is 2.89 bits per heavy atom. The molecule has 6 heteroatoms. The summed E-state index contributed by atoms with van der Waals surface area (Å²) in [6.45, 7) is 3.02. The fourth-order valence-electron chi connectivity index (χ4n) is 2.28. The number of nitrogens with one attached hydrogen (secondary N) is 1. The first-order valence-electron chi connectivity index (χ1n) is 6.64. The molecule has 1 aliphatic heterocycles. The van der Waals surface area contributed by atoms with Crippen molar-refractivity contribution in [2.24, 2.45) is 0 Å². The molecular formula is C13H21N3O2S. The maximum absolute atomic E-state index is 11.5. The van der Waals surface area contributed by atoms with Gasteiger partial charge in [0.15, 0.2) is 9.84 Å². The summed E-state index contributed by atoms with van der Waals surface area (Å²) in [6, 6.07) is 2.08. The van der Waals surface area contributed by atoms with Crippen molar-refractivity contribution < 1.29 is 8.42 Å². The first kappa shape index (κ1) is 14.1. The van der Waals surface area contributed by atoms with Crippen LogP contribution in [-0.2, 0) is 9.84 Å². The zero-order valence-electron chi connectivity index (χ0n) is 11.5. The molecule has 2 rings (SSSR count). The molecule has 0 aliphatic carbocycles. The van der Waals surface area contributed by atoms with Crippen LogP contribution >= 0.6 is 0 Å². The van der Waals surface area contributed by atoms with Gasteiger partial charge in [0.25, 0.3) is 0 Å². The molecule has 0 aromatic carbocycles. The minimum Gasteiger partial charge on any atom is -0.384 e. The largest absolute Gasteiger partial charge is 0.384 e. The third kappa shape index (κ3) is 3.59. The number of anilines is 2. The van der Waals surface area contributed by atoms with Crippen LogP contribution in [0.4, 0.5) is 11.4 Å². The minimum absolute atomic E-state index is 0.0632. The molecule has 1 unspecified atom stereocenters. The SMILES string of the molecule is CCCNc1cncc(N(C)C2CCS(=O)(=O)C2)c1. The Kier molecular flexibility index (Phi) is 4.29. The lowest BCUT2D eigenvalue weighted by molar-refractivity contribution is 0.601. The second-order valence-corrected chi connectivity index (χ2v) is 7.26. The maximum Gasteiger partial charge on any atom is 0.152 e. The van der Waals surface area contributed by atoms with E-state index in [1.807, 2.05) is 18.0 Å². The van der Waals surface area contributed by atoms with E-state index in [1.54, 1.807) is 12.4 Å². The highest BCUT2D eigenvalue weighted by Gasteiger charge is 2.30. The van der Waals surface area contributed by atoms with Gasteiger partial charge in [0.2, 0.25) is 0 Å². The molecule has 1 saturated heterocycles. The van der Waals surface area contributed by atoms with Crippen molar-refractivity contribution in [2.45, 2.75) is 25.8 Å². The van der Waals surface area contributed by atoms with Gasteiger partial charge >= 0.3 is 0 Å². The van der Waals surface area contributed by atoms with E-state index in [4.69, 9.17) is 0 Å². The van der Waals surface area contributed by atoms with Gasteiger partial charge in [0.1, 0.15) is 0 Å². The Morgan fingerprint density at radius 1 is 1.47 bits per heavy atom. The van der Waals surface area contributed by atoms with Crippen LogP contribution in [0.5, 0.6) is 0 Å². The molecule has 0 bridgehead atoms. The van der Waals surface area contributed by atoms with Crippen molar-refractivity contribution in [1.29, 1.82) is 0 Å². The average molecular weight is 283 g/mol. The van der Waals surface area contributed by atoms with E-state index in [1.165, 1.54) is 0 Å². The van der Waals surface area contributed by atoms with Crippen LogP contribution in [0, 0.1) is 0 Å². The molecule has 106 valence electrons. The number of pyridine rings is 1. The molecule has 1 aliphatic rings.